The van der Waals surface area contributed by atoms with Gasteiger partial charge in [0.15, 0.2) is 0 Å². The van der Waals surface area contributed by atoms with E-state index in [1.807, 2.05) is 48.6 Å². The van der Waals surface area contributed by atoms with Crippen molar-refractivity contribution >= 4 is 18.0 Å². The van der Waals surface area contributed by atoms with E-state index in [0.717, 1.165) is 5.56 Å². The highest BCUT2D eigenvalue weighted by Crippen LogP contribution is 2.24. The SMILES string of the molecule is Oc1ccccc1N=C/C=C/c1ccccc1. The van der Waals surface area contributed by atoms with Crippen molar-refractivity contribution in [2.75, 3.05) is 0 Å². The summed E-state index contributed by atoms with van der Waals surface area (Å²) >= 11 is 0. The Morgan fingerprint density at radius 2 is 1.59 bits per heavy atom. The third kappa shape index (κ3) is 3.31. The molecule has 2 aromatic carbocycles. The van der Waals surface area contributed by atoms with E-state index in [0.29, 0.717) is 5.69 Å². The first-order chi connectivity index (χ1) is 8.36. The van der Waals surface area contributed by atoms with Crippen molar-refractivity contribution in [1.29, 1.82) is 0 Å². The molecule has 0 amide bonds. The second kappa shape index (κ2) is 5.66. The van der Waals surface area contributed by atoms with E-state index in [1.54, 1.807) is 24.4 Å². The molecule has 0 bridgehead atoms. The van der Waals surface area contributed by atoms with Crippen molar-refractivity contribution in [2.24, 2.45) is 4.99 Å². The van der Waals surface area contributed by atoms with Gasteiger partial charge in [0, 0.05) is 6.21 Å². The van der Waals surface area contributed by atoms with Gasteiger partial charge >= 0.3 is 0 Å². The Hall–Kier alpha value is -2.35. The zero-order valence-corrected chi connectivity index (χ0v) is 9.32. The number of hydrogen-bond donors (Lipinski definition) is 1. The van der Waals surface area contributed by atoms with Gasteiger partial charge < -0.3 is 5.11 Å². The Kier molecular flexibility index (Phi) is 3.71. The normalized spacial score (nSPS) is 11.3. The Bertz CT molecular complexity index is 530. The lowest BCUT2D eigenvalue weighted by Crippen LogP contribution is -1.71. The minimum Gasteiger partial charge on any atom is -0.506 e. The maximum absolute atomic E-state index is 9.49. The van der Waals surface area contributed by atoms with Gasteiger partial charge in [-0.2, -0.15) is 0 Å². The molecule has 0 saturated heterocycles. The second-order valence-corrected chi connectivity index (χ2v) is 3.54. The highest BCUT2D eigenvalue weighted by Gasteiger charge is 1.93. The summed E-state index contributed by atoms with van der Waals surface area (Å²) in [6.07, 6.45) is 5.48. The molecule has 0 fully saturated rings. The number of rotatable bonds is 3. The molecule has 84 valence electrons. The van der Waals surface area contributed by atoms with E-state index in [2.05, 4.69) is 4.99 Å². The molecule has 0 unspecified atom stereocenters. The van der Waals surface area contributed by atoms with Crippen molar-refractivity contribution in [3.05, 3.63) is 66.2 Å². The van der Waals surface area contributed by atoms with Gasteiger partial charge in [0.2, 0.25) is 0 Å². The molecular formula is C15H13NO. The van der Waals surface area contributed by atoms with E-state index >= 15 is 0 Å². The molecule has 17 heavy (non-hydrogen) atoms. The molecule has 2 aromatic rings. The molecule has 0 spiro atoms. The van der Waals surface area contributed by atoms with Gasteiger partial charge in [-0.3, -0.25) is 4.99 Å². The first-order valence-corrected chi connectivity index (χ1v) is 5.40. The number of aromatic hydroxyl groups is 1. The van der Waals surface area contributed by atoms with Crippen LogP contribution in [0.5, 0.6) is 5.75 Å². The first-order valence-electron chi connectivity index (χ1n) is 5.40. The third-order valence-corrected chi connectivity index (χ3v) is 2.27. The predicted molar refractivity (Wildman–Crippen MR) is 71.7 cm³/mol. The zero-order valence-electron chi connectivity index (χ0n) is 9.32. The minimum atomic E-state index is 0.192. The van der Waals surface area contributed by atoms with Crippen LogP contribution in [-0.2, 0) is 0 Å². The van der Waals surface area contributed by atoms with Gasteiger partial charge in [-0.1, -0.05) is 48.5 Å². The molecule has 0 aliphatic heterocycles. The molecule has 0 aromatic heterocycles. The van der Waals surface area contributed by atoms with Gasteiger partial charge in [-0.15, -0.1) is 0 Å². The molecule has 0 saturated carbocycles. The van der Waals surface area contributed by atoms with Gasteiger partial charge in [0.25, 0.3) is 0 Å². The minimum absolute atomic E-state index is 0.192. The van der Waals surface area contributed by atoms with Crippen LogP contribution >= 0.6 is 0 Å². The number of benzene rings is 2. The lowest BCUT2D eigenvalue weighted by molar-refractivity contribution is 0.477. The Morgan fingerprint density at radius 1 is 0.882 bits per heavy atom. The van der Waals surface area contributed by atoms with E-state index in [9.17, 15) is 5.11 Å². The van der Waals surface area contributed by atoms with Crippen LogP contribution in [0.1, 0.15) is 5.56 Å². The fraction of sp³-hybridized carbons (Fsp3) is 0. The van der Waals surface area contributed by atoms with E-state index < -0.39 is 0 Å². The number of phenols is 1. The summed E-state index contributed by atoms with van der Waals surface area (Å²) in [5, 5.41) is 9.49. The molecule has 0 radical (unpaired) electrons. The fourth-order valence-electron chi connectivity index (χ4n) is 1.41. The Balaban J connectivity index is 2.04. The molecule has 0 atom stereocenters. The summed E-state index contributed by atoms with van der Waals surface area (Å²) in [4.78, 5) is 4.16. The number of aliphatic imine (C=N–C) groups is 1. The smallest absolute Gasteiger partial charge is 0.141 e. The van der Waals surface area contributed by atoms with Crippen molar-refractivity contribution in [2.45, 2.75) is 0 Å². The van der Waals surface area contributed by atoms with Crippen LogP contribution in [-0.4, -0.2) is 11.3 Å². The number of hydrogen-bond acceptors (Lipinski definition) is 2. The van der Waals surface area contributed by atoms with Crippen LogP contribution in [0.3, 0.4) is 0 Å². The Morgan fingerprint density at radius 3 is 2.35 bits per heavy atom. The zero-order chi connectivity index (χ0) is 11.9. The van der Waals surface area contributed by atoms with Gasteiger partial charge in [-0.05, 0) is 23.8 Å². The van der Waals surface area contributed by atoms with E-state index in [4.69, 9.17) is 0 Å². The number of phenolic OH excluding ortho intramolecular Hbond substituents is 1. The summed E-state index contributed by atoms with van der Waals surface area (Å²) in [6, 6.07) is 17.0. The van der Waals surface area contributed by atoms with Crippen LogP contribution in [0.4, 0.5) is 5.69 Å². The summed E-state index contributed by atoms with van der Waals surface area (Å²) in [5.41, 5.74) is 1.70. The van der Waals surface area contributed by atoms with Gasteiger partial charge in [0.1, 0.15) is 11.4 Å². The maximum Gasteiger partial charge on any atom is 0.141 e. The third-order valence-electron chi connectivity index (χ3n) is 2.27. The number of para-hydroxylation sites is 2. The molecule has 1 N–H and O–H groups in total. The molecule has 2 rings (SSSR count). The molecule has 2 nitrogen and oxygen atoms in total. The molecule has 0 aliphatic carbocycles. The molecule has 0 aliphatic rings. The van der Waals surface area contributed by atoms with Gasteiger partial charge in [0.05, 0.1) is 0 Å². The summed E-state index contributed by atoms with van der Waals surface area (Å²) in [7, 11) is 0. The maximum atomic E-state index is 9.49. The monoisotopic (exact) mass is 223 g/mol. The molecule has 0 heterocycles. The standard InChI is InChI=1S/C15H13NO/c17-15-11-5-4-10-14(15)16-12-6-9-13-7-2-1-3-8-13/h1-12,17H/b9-6+,16-12?. The van der Waals surface area contributed by atoms with E-state index in [-0.39, 0.29) is 5.75 Å². The topological polar surface area (TPSA) is 32.6 Å². The van der Waals surface area contributed by atoms with Crippen molar-refractivity contribution in [3.63, 3.8) is 0 Å². The van der Waals surface area contributed by atoms with Gasteiger partial charge in [-0.25, -0.2) is 0 Å². The van der Waals surface area contributed by atoms with Crippen LogP contribution in [0, 0.1) is 0 Å². The van der Waals surface area contributed by atoms with Crippen molar-refractivity contribution < 1.29 is 5.11 Å². The summed E-state index contributed by atoms with van der Waals surface area (Å²) < 4.78 is 0. The van der Waals surface area contributed by atoms with Crippen molar-refractivity contribution in [1.82, 2.24) is 0 Å². The Labute approximate surface area is 101 Å². The average Bonchev–Trinajstić information content (AvgIpc) is 2.38. The van der Waals surface area contributed by atoms with E-state index in [1.165, 1.54) is 0 Å². The number of nitrogens with zero attached hydrogens (tertiary/aromatic N) is 1. The fourth-order valence-corrected chi connectivity index (χ4v) is 1.41. The second-order valence-electron chi connectivity index (χ2n) is 3.54. The average molecular weight is 223 g/mol. The highest BCUT2D eigenvalue weighted by molar-refractivity contribution is 5.81. The van der Waals surface area contributed by atoms with Crippen LogP contribution in [0.15, 0.2) is 65.7 Å². The first kappa shape index (κ1) is 11.1. The molecular weight excluding hydrogens is 210 g/mol. The molecule has 2 heteroatoms. The van der Waals surface area contributed by atoms with Crippen LogP contribution in [0.2, 0.25) is 0 Å². The highest BCUT2D eigenvalue weighted by atomic mass is 16.3. The lowest BCUT2D eigenvalue weighted by Gasteiger charge is -1.95. The van der Waals surface area contributed by atoms with Crippen LogP contribution < -0.4 is 0 Å². The summed E-state index contributed by atoms with van der Waals surface area (Å²) in [6.45, 7) is 0. The quantitative estimate of drug-likeness (QED) is 0.788. The lowest BCUT2D eigenvalue weighted by atomic mass is 10.2. The predicted octanol–water partition coefficient (Wildman–Crippen LogP) is 3.81. The van der Waals surface area contributed by atoms with Crippen LogP contribution in [0.25, 0.3) is 6.08 Å². The number of allylic oxidation sites excluding steroid dienone is 1. The van der Waals surface area contributed by atoms with Crippen molar-refractivity contribution in [3.8, 4) is 5.75 Å². The largest absolute Gasteiger partial charge is 0.506 e. The summed E-state index contributed by atoms with van der Waals surface area (Å²) in [5.74, 6) is 0.192.